The van der Waals surface area contributed by atoms with Crippen molar-refractivity contribution >= 4 is 23.0 Å². The molecule has 0 saturated heterocycles. The second-order valence-corrected chi connectivity index (χ2v) is 7.08. The highest BCUT2D eigenvalue weighted by Crippen LogP contribution is 2.15. The first-order valence-electron chi connectivity index (χ1n) is 8.81. The van der Waals surface area contributed by atoms with Gasteiger partial charge in [0, 0.05) is 12.2 Å². The summed E-state index contributed by atoms with van der Waals surface area (Å²) in [5.41, 5.74) is 4.81. The van der Waals surface area contributed by atoms with Crippen LogP contribution in [0, 0.1) is 13.8 Å². The van der Waals surface area contributed by atoms with E-state index in [0.29, 0.717) is 5.11 Å². The number of benzene rings is 2. The van der Waals surface area contributed by atoms with E-state index >= 15 is 0 Å². The highest BCUT2D eigenvalue weighted by molar-refractivity contribution is 7.80. The van der Waals surface area contributed by atoms with Gasteiger partial charge >= 0.3 is 0 Å². The molecule has 0 aliphatic heterocycles. The standard InChI is InChI=1S/C21H28N2OS/c1-15(2)24-20-9-7-18(8-10-20)6-5-11-22-21(25)23-19-13-16(3)12-17(4)14-19/h7-10,12-15H,5-6,11H2,1-4H3,(H2,22,23,25). The van der Waals surface area contributed by atoms with Gasteiger partial charge in [-0.2, -0.15) is 0 Å². The van der Waals surface area contributed by atoms with Crippen LogP contribution < -0.4 is 15.4 Å². The van der Waals surface area contributed by atoms with Crippen molar-refractivity contribution in [1.29, 1.82) is 0 Å². The van der Waals surface area contributed by atoms with Crippen molar-refractivity contribution in [1.82, 2.24) is 5.32 Å². The predicted molar refractivity (Wildman–Crippen MR) is 111 cm³/mol. The maximum absolute atomic E-state index is 5.66. The van der Waals surface area contributed by atoms with Crippen molar-refractivity contribution < 1.29 is 4.74 Å². The van der Waals surface area contributed by atoms with Crippen LogP contribution in [0.5, 0.6) is 5.75 Å². The molecule has 0 fully saturated rings. The summed E-state index contributed by atoms with van der Waals surface area (Å²) in [5.74, 6) is 0.927. The zero-order valence-electron chi connectivity index (χ0n) is 15.6. The van der Waals surface area contributed by atoms with Crippen molar-refractivity contribution in [3.63, 3.8) is 0 Å². The topological polar surface area (TPSA) is 33.3 Å². The van der Waals surface area contributed by atoms with Gasteiger partial charge in [0.25, 0.3) is 0 Å². The molecule has 0 spiro atoms. The molecule has 0 amide bonds. The Morgan fingerprint density at radius 1 is 1.04 bits per heavy atom. The van der Waals surface area contributed by atoms with Crippen LogP contribution >= 0.6 is 12.2 Å². The number of aryl methyl sites for hydroxylation is 3. The van der Waals surface area contributed by atoms with Gasteiger partial charge in [-0.25, -0.2) is 0 Å². The number of rotatable bonds is 7. The fourth-order valence-electron chi connectivity index (χ4n) is 2.72. The minimum Gasteiger partial charge on any atom is -0.491 e. The Kier molecular flexibility index (Phi) is 7.26. The van der Waals surface area contributed by atoms with Gasteiger partial charge in [-0.3, -0.25) is 0 Å². The van der Waals surface area contributed by atoms with Gasteiger partial charge in [0.1, 0.15) is 5.75 Å². The maximum atomic E-state index is 5.66. The SMILES string of the molecule is Cc1cc(C)cc(NC(=S)NCCCc2ccc(OC(C)C)cc2)c1. The van der Waals surface area contributed by atoms with Crippen LogP contribution in [-0.2, 0) is 6.42 Å². The van der Waals surface area contributed by atoms with E-state index in [-0.39, 0.29) is 6.10 Å². The molecule has 0 unspecified atom stereocenters. The van der Waals surface area contributed by atoms with Crippen molar-refractivity contribution in [2.75, 3.05) is 11.9 Å². The summed E-state index contributed by atoms with van der Waals surface area (Å²) in [6.07, 6.45) is 2.25. The van der Waals surface area contributed by atoms with Crippen LogP contribution in [0.4, 0.5) is 5.69 Å². The Morgan fingerprint density at radius 3 is 2.28 bits per heavy atom. The molecule has 0 bridgehead atoms. The molecule has 0 aliphatic carbocycles. The van der Waals surface area contributed by atoms with Crippen LogP contribution in [0.15, 0.2) is 42.5 Å². The molecule has 2 aromatic rings. The third-order valence-corrected chi connectivity index (χ3v) is 3.95. The molecule has 0 saturated carbocycles. The Labute approximate surface area is 156 Å². The zero-order valence-corrected chi connectivity index (χ0v) is 16.4. The molecule has 0 aromatic heterocycles. The van der Waals surface area contributed by atoms with Gasteiger partial charge in [0.05, 0.1) is 6.10 Å². The van der Waals surface area contributed by atoms with E-state index in [1.54, 1.807) is 0 Å². The van der Waals surface area contributed by atoms with Gasteiger partial charge in [0.15, 0.2) is 5.11 Å². The first-order valence-corrected chi connectivity index (χ1v) is 9.22. The molecule has 0 aliphatic rings. The highest BCUT2D eigenvalue weighted by atomic mass is 32.1. The number of hydrogen-bond donors (Lipinski definition) is 2. The van der Waals surface area contributed by atoms with Crippen molar-refractivity contribution in [2.24, 2.45) is 0 Å². The number of ether oxygens (including phenoxy) is 1. The van der Waals surface area contributed by atoms with E-state index in [1.807, 2.05) is 26.0 Å². The second-order valence-electron chi connectivity index (χ2n) is 6.67. The smallest absolute Gasteiger partial charge is 0.170 e. The molecular formula is C21H28N2OS. The average Bonchev–Trinajstić information content (AvgIpc) is 2.51. The quantitative estimate of drug-likeness (QED) is 0.540. The molecule has 3 nitrogen and oxygen atoms in total. The summed E-state index contributed by atoms with van der Waals surface area (Å²) < 4.78 is 5.66. The largest absolute Gasteiger partial charge is 0.491 e. The number of anilines is 1. The van der Waals surface area contributed by atoms with E-state index in [9.17, 15) is 0 Å². The lowest BCUT2D eigenvalue weighted by atomic mass is 10.1. The van der Waals surface area contributed by atoms with Crippen LogP contribution in [0.2, 0.25) is 0 Å². The summed E-state index contributed by atoms with van der Waals surface area (Å²) >= 11 is 5.37. The van der Waals surface area contributed by atoms with Gasteiger partial charge in [-0.05, 0) is 93.7 Å². The normalized spacial score (nSPS) is 10.6. The molecule has 2 aromatic carbocycles. The molecule has 4 heteroatoms. The van der Waals surface area contributed by atoms with E-state index in [2.05, 4.69) is 54.8 Å². The fraction of sp³-hybridized carbons (Fsp3) is 0.381. The van der Waals surface area contributed by atoms with E-state index in [1.165, 1.54) is 16.7 Å². The molecular weight excluding hydrogens is 328 g/mol. The number of nitrogens with one attached hydrogen (secondary N) is 2. The monoisotopic (exact) mass is 356 g/mol. The Morgan fingerprint density at radius 2 is 1.68 bits per heavy atom. The van der Waals surface area contributed by atoms with Gasteiger partial charge in [-0.1, -0.05) is 18.2 Å². The number of thiocarbonyl (C=S) groups is 1. The third-order valence-electron chi connectivity index (χ3n) is 3.70. The lowest BCUT2D eigenvalue weighted by Crippen LogP contribution is -2.29. The minimum atomic E-state index is 0.209. The molecule has 0 atom stereocenters. The Hall–Kier alpha value is -2.07. The second kappa shape index (κ2) is 9.42. The van der Waals surface area contributed by atoms with Crippen LogP contribution in [0.1, 0.15) is 37.0 Å². The van der Waals surface area contributed by atoms with E-state index in [0.717, 1.165) is 30.8 Å². The van der Waals surface area contributed by atoms with Gasteiger partial charge < -0.3 is 15.4 Å². The predicted octanol–water partition coefficient (Wildman–Crippen LogP) is 5.01. The van der Waals surface area contributed by atoms with Crippen molar-refractivity contribution in [3.05, 3.63) is 59.2 Å². The highest BCUT2D eigenvalue weighted by Gasteiger charge is 2.01. The first-order chi connectivity index (χ1) is 11.9. The Bertz CT molecular complexity index is 675. The summed E-state index contributed by atoms with van der Waals surface area (Å²) in [4.78, 5) is 0. The van der Waals surface area contributed by atoms with E-state index in [4.69, 9.17) is 17.0 Å². The summed E-state index contributed by atoms with van der Waals surface area (Å²) in [7, 11) is 0. The fourth-order valence-corrected chi connectivity index (χ4v) is 2.94. The molecule has 2 N–H and O–H groups in total. The molecule has 2 rings (SSSR count). The van der Waals surface area contributed by atoms with Crippen LogP contribution in [-0.4, -0.2) is 17.8 Å². The lowest BCUT2D eigenvalue weighted by Gasteiger charge is -2.12. The van der Waals surface area contributed by atoms with Gasteiger partial charge in [-0.15, -0.1) is 0 Å². The molecule has 0 heterocycles. The molecule has 0 radical (unpaired) electrons. The van der Waals surface area contributed by atoms with Crippen molar-refractivity contribution in [2.45, 2.75) is 46.6 Å². The average molecular weight is 357 g/mol. The summed E-state index contributed by atoms with van der Waals surface area (Å²) in [5, 5.41) is 7.20. The number of hydrogen-bond acceptors (Lipinski definition) is 2. The minimum absolute atomic E-state index is 0.209. The van der Waals surface area contributed by atoms with Gasteiger partial charge in [0.2, 0.25) is 0 Å². The Balaban J connectivity index is 1.70. The summed E-state index contributed by atoms with van der Waals surface area (Å²) in [6.45, 7) is 9.10. The molecule has 134 valence electrons. The zero-order chi connectivity index (χ0) is 18.2. The van der Waals surface area contributed by atoms with Crippen LogP contribution in [0.25, 0.3) is 0 Å². The van der Waals surface area contributed by atoms with Crippen molar-refractivity contribution in [3.8, 4) is 5.75 Å². The maximum Gasteiger partial charge on any atom is 0.170 e. The van der Waals surface area contributed by atoms with E-state index < -0.39 is 0 Å². The molecule has 25 heavy (non-hydrogen) atoms. The van der Waals surface area contributed by atoms with Crippen LogP contribution in [0.3, 0.4) is 0 Å². The third kappa shape index (κ3) is 7.14. The summed E-state index contributed by atoms with van der Waals surface area (Å²) in [6, 6.07) is 14.7. The first kappa shape index (κ1) is 19.3. The lowest BCUT2D eigenvalue weighted by molar-refractivity contribution is 0.242.